The minimum absolute atomic E-state index is 0.0696. The molecule has 0 aliphatic carbocycles. The topological polar surface area (TPSA) is 77.0 Å². The molecule has 2 heterocycles. The van der Waals surface area contributed by atoms with Crippen LogP contribution < -0.4 is 5.73 Å². The molecule has 0 spiro atoms. The zero-order valence-corrected chi connectivity index (χ0v) is 12.9. The quantitative estimate of drug-likeness (QED) is 0.930. The van der Waals surface area contributed by atoms with E-state index < -0.39 is 0 Å². The van der Waals surface area contributed by atoms with Crippen LogP contribution in [0.1, 0.15) is 41.6 Å². The lowest BCUT2D eigenvalue weighted by Gasteiger charge is -2.25. The fraction of sp³-hybridized carbons (Fsp3) is 0.400. The number of rotatable bonds is 4. The van der Waals surface area contributed by atoms with Gasteiger partial charge in [-0.1, -0.05) is 6.92 Å². The molecule has 0 aliphatic rings. The summed E-state index contributed by atoms with van der Waals surface area (Å²) in [6.45, 7) is 3.94. The Kier molecular flexibility index (Phi) is 4.26. The molecule has 0 bridgehead atoms. The van der Waals surface area contributed by atoms with Crippen LogP contribution in [0.2, 0.25) is 0 Å². The van der Waals surface area contributed by atoms with E-state index in [-0.39, 0.29) is 11.9 Å². The maximum Gasteiger partial charge on any atom is 0.274 e. The molecule has 2 aromatic heterocycles. The highest BCUT2D eigenvalue weighted by Crippen LogP contribution is 2.23. The summed E-state index contributed by atoms with van der Waals surface area (Å²) in [7, 11) is 3.51. The van der Waals surface area contributed by atoms with E-state index in [0.29, 0.717) is 17.8 Å². The number of pyridine rings is 1. The highest BCUT2D eigenvalue weighted by Gasteiger charge is 2.25. The number of amides is 1. The number of nitrogens with two attached hydrogens (primary N) is 1. The molecule has 0 radical (unpaired) electrons. The molecule has 1 atom stereocenters. The van der Waals surface area contributed by atoms with Gasteiger partial charge in [0.2, 0.25) is 0 Å². The smallest absolute Gasteiger partial charge is 0.274 e. The molecule has 2 N–H and O–H groups in total. The summed E-state index contributed by atoms with van der Waals surface area (Å²) in [5, 5.41) is 4.30. The van der Waals surface area contributed by atoms with Crippen LogP contribution in [0.15, 0.2) is 24.5 Å². The highest BCUT2D eigenvalue weighted by molar-refractivity contribution is 5.98. The number of hydrogen-bond acceptors (Lipinski definition) is 4. The van der Waals surface area contributed by atoms with Gasteiger partial charge in [0.1, 0.15) is 5.69 Å². The monoisotopic (exact) mass is 287 g/mol. The molecule has 21 heavy (non-hydrogen) atoms. The zero-order chi connectivity index (χ0) is 15.6. The summed E-state index contributed by atoms with van der Waals surface area (Å²) >= 11 is 0. The van der Waals surface area contributed by atoms with E-state index >= 15 is 0 Å². The Morgan fingerprint density at radius 1 is 1.43 bits per heavy atom. The molecular formula is C15H21N5O. The molecule has 0 saturated heterocycles. The number of anilines is 1. The SMILES string of the molecule is CCc1nn(C)c(C(=O)N(C)C(C)c2ccncc2)c1N. The largest absolute Gasteiger partial charge is 0.395 e. The molecule has 112 valence electrons. The van der Waals surface area contributed by atoms with E-state index in [0.717, 1.165) is 11.3 Å². The lowest BCUT2D eigenvalue weighted by molar-refractivity contribution is 0.0732. The van der Waals surface area contributed by atoms with Gasteiger partial charge in [0.25, 0.3) is 5.91 Å². The summed E-state index contributed by atoms with van der Waals surface area (Å²) in [6.07, 6.45) is 4.14. The van der Waals surface area contributed by atoms with Gasteiger partial charge in [-0.25, -0.2) is 0 Å². The lowest BCUT2D eigenvalue weighted by Crippen LogP contribution is -2.31. The van der Waals surface area contributed by atoms with Crippen molar-refractivity contribution < 1.29 is 4.79 Å². The van der Waals surface area contributed by atoms with Crippen molar-refractivity contribution in [3.63, 3.8) is 0 Å². The first kappa shape index (κ1) is 15.0. The van der Waals surface area contributed by atoms with E-state index in [4.69, 9.17) is 5.73 Å². The normalized spacial score (nSPS) is 12.2. The van der Waals surface area contributed by atoms with Gasteiger partial charge in [-0.3, -0.25) is 14.5 Å². The van der Waals surface area contributed by atoms with Crippen LogP contribution in [0, 0.1) is 0 Å². The number of nitrogen functional groups attached to an aromatic ring is 1. The zero-order valence-electron chi connectivity index (χ0n) is 12.9. The van der Waals surface area contributed by atoms with Crippen molar-refractivity contribution in [1.82, 2.24) is 19.7 Å². The summed E-state index contributed by atoms with van der Waals surface area (Å²) in [6, 6.07) is 3.73. The Morgan fingerprint density at radius 2 is 2.05 bits per heavy atom. The molecule has 1 unspecified atom stereocenters. The van der Waals surface area contributed by atoms with Gasteiger partial charge in [0, 0.05) is 26.5 Å². The van der Waals surface area contributed by atoms with Crippen molar-refractivity contribution in [2.75, 3.05) is 12.8 Å². The number of aromatic nitrogens is 3. The Hall–Kier alpha value is -2.37. The Balaban J connectivity index is 2.30. The van der Waals surface area contributed by atoms with Crippen molar-refractivity contribution >= 4 is 11.6 Å². The Labute approximate surface area is 124 Å². The first-order valence-corrected chi connectivity index (χ1v) is 6.95. The third kappa shape index (κ3) is 2.74. The van der Waals surface area contributed by atoms with Crippen LogP contribution in [-0.4, -0.2) is 32.6 Å². The van der Waals surface area contributed by atoms with Crippen LogP contribution in [0.4, 0.5) is 5.69 Å². The second-order valence-corrected chi connectivity index (χ2v) is 5.06. The van der Waals surface area contributed by atoms with Gasteiger partial charge < -0.3 is 10.6 Å². The van der Waals surface area contributed by atoms with Gasteiger partial charge in [-0.05, 0) is 31.0 Å². The lowest BCUT2D eigenvalue weighted by atomic mass is 10.1. The number of aryl methyl sites for hydroxylation is 2. The number of hydrogen-bond donors (Lipinski definition) is 1. The second kappa shape index (κ2) is 5.95. The van der Waals surface area contributed by atoms with E-state index in [1.807, 2.05) is 26.0 Å². The minimum Gasteiger partial charge on any atom is -0.395 e. The second-order valence-electron chi connectivity index (χ2n) is 5.06. The van der Waals surface area contributed by atoms with Crippen LogP contribution in [0.25, 0.3) is 0 Å². The molecule has 0 saturated carbocycles. The molecule has 6 nitrogen and oxygen atoms in total. The Bertz CT molecular complexity index is 635. The van der Waals surface area contributed by atoms with Gasteiger partial charge in [0.15, 0.2) is 0 Å². The molecule has 0 fully saturated rings. The molecular weight excluding hydrogens is 266 g/mol. The van der Waals surface area contributed by atoms with E-state index in [1.165, 1.54) is 0 Å². The summed E-state index contributed by atoms with van der Waals surface area (Å²) < 4.78 is 1.56. The van der Waals surface area contributed by atoms with Gasteiger partial charge >= 0.3 is 0 Å². The van der Waals surface area contributed by atoms with Crippen molar-refractivity contribution in [2.24, 2.45) is 7.05 Å². The van der Waals surface area contributed by atoms with Crippen LogP contribution >= 0.6 is 0 Å². The third-order valence-electron chi connectivity index (χ3n) is 3.79. The maximum absolute atomic E-state index is 12.7. The van der Waals surface area contributed by atoms with Gasteiger partial charge in [0.05, 0.1) is 17.4 Å². The summed E-state index contributed by atoms with van der Waals surface area (Å²) in [5.74, 6) is -0.133. The van der Waals surface area contributed by atoms with Crippen molar-refractivity contribution in [1.29, 1.82) is 0 Å². The molecule has 2 aromatic rings. The van der Waals surface area contributed by atoms with Crippen molar-refractivity contribution in [3.8, 4) is 0 Å². The molecule has 0 aromatic carbocycles. The first-order chi connectivity index (χ1) is 9.97. The average Bonchev–Trinajstić information content (AvgIpc) is 2.80. The van der Waals surface area contributed by atoms with Crippen LogP contribution in [0.5, 0.6) is 0 Å². The number of carbonyl (C=O) groups is 1. The minimum atomic E-state index is -0.133. The number of carbonyl (C=O) groups excluding carboxylic acids is 1. The van der Waals surface area contributed by atoms with Crippen molar-refractivity contribution in [2.45, 2.75) is 26.3 Å². The van der Waals surface area contributed by atoms with E-state index in [2.05, 4.69) is 10.1 Å². The van der Waals surface area contributed by atoms with Crippen LogP contribution in [-0.2, 0) is 13.5 Å². The van der Waals surface area contributed by atoms with E-state index in [1.54, 1.807) is 36.1 Å². The summed E-state index contributed by atoms with van der Waals surface area (Å²) in [4.78, 5) is 18.4. The highest BCUT2D eigenvalue weighted by atomic mass is 16.2. The standard InChI is InChI=1S/C15H21N5O/c1-5-12-13(16)14(20(4)18-12)15(21)19(3)10(2)11-6-8-17-9-7-11/h6-10H,5,16H2,1-4H3. The maximum atomic E-state index is 12.7. The van der Waals surface area contributed by atoms with Gasteiger partial charge in [-0.2, -0.15) is 5.10 Å². The number of nitrogens with zero attached hydrogens (tertiary/aromatic N) is 4. The fourth-order valence-electron chi connectivity index (χ4n) is 2.32. The predicted molar refractivity (Wildman–Crippen MR) is 81.7 cm³/mol. The molecule has 6 heteroatoms. The molecule has 2 rings (SSSR count). The first-order valence-electron chi connectivity index (χ1n) is 6.95. The Morgan fingerprint density at radius 3 is 2.57 bits per heavy atom. The van der Waals surface area contributed by atoms with Gasteiger partial charge in [-0.15, -0.1) is 0 Å². The van der Waals surface area contributed by atoms with E-state index in [9.17, 15) is 4.79 Å². The summed E-state index contributed by atoms with van der Waals surface area (Å²) in [5.41, 5.74) is 8.74. The average molecular weight is 287 g/mol. The van der Waals surface area contributed by atoms with Crippen molar-refractivity contribution in [3.05, 3.63) is 41.5 Å². The third-order valence-corrected chi connectivity index (χ3v) is 3.79. The van der Waals surface area contributed by atoms with Crippen LogP contribution in [0.3, 0.4) is 0 Å². The predicted octanol–water partition coefficient (Wildman–Crippen LogP) is 1.79. The molecule has 1 amide bonds. The molecule has 0 aliphatic heterocycles. The fourth-order valence-corrected chi connectivity index (χ4v) is 2.32.